The van der Waals surface area contributed by atoms with Crippen LogP contribution in [0, 0.1) is 12.8 Å². The molecule has 50 heavy (non-hydrogen) atoms. The van der Waals surface area contributed by atoms with Gasteiger partial charge < -0.3 is 0 Å². The quantitative estimate of drug-likeness (QED) is 0.148. The number of aryl methyl sites for hydroxylation is 1. The monoisotopic (exact) mass is 653 g/mol. The second-order valence-electron chi connectivity index (χ2n) is 12.9. The predicted octanol–water partition coefficient (Wildman–Crippen LogP) is 7.11. The lowest BCUT2D eigenvalue weighted by Crippen LogP contribution is -2.30. The second kappa shape index (κ2) is 11.0. The fraction of sp³-hybridized carbons (Fsp3) is 0.0952. The molecule has 0 atom stereocenters. The van der Waals surface area contributed by atoms with E-state index in [-0.39, 0.29) is 34.0 Å². The molecule has 8 nitrogen and oxygen atoms in total. The first-order chi connectivity index (χ1) is 24.3. The predicted molar refractivity (Wildman–Crippen MR) is 190 cm³/mol. The van der Waals surface area contributed by atoms with Crippen molar-refractivity contribution in [3.8, 4) is 5.69 Å². The summed E-state index contributed by atoms with van der Waals surface area (Å²) in [6, 6.07) is 24.0. The maximum atomic E-state index is 14.2. The summed E-state index contributed by atoms with van der Waals surface area (Å²) in [5.41, 5.74) is 5.13. The molecule has 1 aromatic heterocycles. The van der Waals surface area contributed by atoms with E-state index in [9.17, 15) is 24.0 Å². The fourth-order valence-electron chi connectivity index (χ4n) is 7.47. The molecule has 5 aromatic rings. The van der Waals surface area contributed by atoms with E-state index in [1.165, 1.54) is 22.3 Å². The highest BCUT2D eigenvalue weighted by molar-refractivity contribution is 6.37. The lowest BCUT2D eigenvalue weighted by atomic mass is 9.93. The Bertz CT molecular complexity index is 2520. The summed E-state index contributed by atoms with van der Waals surface area (Å²) < 4.78 is 1.31. The minimum absolute atomic E-state index is 0.0151. The van der Waals surface area contributed by atoms with E-state index in [0.717, 1.165) is 28.0 Å². The highest BCUT2D eigenvalue weighted by Crippen LogP contribution is 2.41. The summed E-state index contributed by atoms with van der Waals surface area (Å²) in [5, 5.41) is 0.343. The Hall–Kier alpha value is -6.54. The van der Waals surface area contributed by atoms with Gasteiger partial charge in [-0.1, -0.05) is 78.4 Å². The van der Waals surface area contributed by atoms with Crippen molar-refractivity contribution in [2.24, 2.45) is 5.92 Å². The largest absolute Gasteiger partial charge is 0.293 e. The summed E-state index contributed by atoms with van der Waals surface area (Å²) >= 11 is 0. The number of benzene rings is 4. The van der Waals surface area contributed by atoms with Gasteiger partial charge in [0.1, 0.15) is 11.7 Å². The third-order valence-electron chi connectivity index (χ3n) is 9.96. The number of nitrogens with zero attached hydrogens (tertiary/aromatic N) is 3. The van der Waals surface area contributed by atoms with Gasteiger partial charge >= 0.3 is 0 Å². The first kappa shape index (κ1) is 29.6. The van der Waals surface area contributed by atoms with Crippen molar-refractivity contribution in [3.63, 3.8) is 0 Å². The molecule has 0 N–H and O–H groups in total. The summed E-state index contributed by atoms with van der Waals surface area (Å²) in [6.07, 6.45) is 13.3. The average molecular weight is 654 g/mol. The molecule has 0 bridgehead atoms. The Morgan fingerprint density at radius 2 is 1.38 bits per heavy atom. The zero-order valence-electron chi connectivity index (χ0n) is 26.8. The number of imide groups is 1. The Balaban J connectivity index is 1.10. The van der Waals surface area contributed by atoms with Gasteiger partial charge in [-0.2, -0.15) is 0 Å². The number of para-hydroxylation sites is 1. The number of carbonyl (C=O) groups is 4. The van der Waals surface area contributed by atoms with E-state index < -0.39 is 34.9 Å². The average Bonchev–Trinajstić information content (AvgIpc) is 3.92. The number of fused-ring (bicyclic) bond motifs is 3. The van der Waals surface area contributed by atoms with Gasteiger partial charge in [-0.15, -0.1) is 0 Å². The number of rotatable bonds is 5. The third-order valence-corrected chi connectivity index (χ3v) is 9.96. The number of ketones is 2. The Morgan fingerprint density at radius 1 is 0.700 bits per heavy atom. The van der Waals surface area contributed by atoms with Crippen LogP contribution in [0.15, 0.2) is 132 Å². The molecular weight excluding hydrogens is 626 g/mol. The van der Waals surface area contributed by atoms with Gasteiger partial charge in [-0.25, -0.2) is 9.88 Å². The first-order valence-electron chi connectivity index (χ1n) is 16.4. The minimum atomic E-state index is -1.43. The van der Waals surface area contributed by atoms with Crippen molar-refractivity contribution >= 4 is 45.5 Å². The second-order valence-corrected chi connectivity index (χ2v) is 12.9. The van der Waals surface area contributed by atoms with Crippen LogP contribution in [0.2, 0.25) is 0 Å². The smallest absolute Gasteiger partial charge is 0.266 e. The summed E-state index contributed by atoms with van der Waals surface area (Å²) in [4.78, 5) is 75.8. The lowest BCUT2D eigenvalue weighted by molar-refractivity contribution is 0.0881. The molecule has 0 unspecified atom stereocenters. The topological polar surface area (TPSA) is 106 Å². The Kier molecular flexibility index (Phi) is 6.51. The van der Waals surface area contributed by atoms with Crippen LogP contribution in [-0.4, -0.2) is 32.9 Å². The zero-order valence-corrected chi connectivity index (χ0v) is 26.8. The van der Waals surface area contributed by atoms with E-state index in [2.05, 4.69) is 24.3 Å². The van der Waals surface area contributed by atoms with E-state index in [1.54, 1.807) is 42.5 Å². The fourth-order valence-corrected chi connectivity index (χ4v) is 7.47. The molecule has 3 aliphatic carbocycles. The molecule has 4 aromatic carbocycles. The van der Waals surface area contributed by atoms with Crippen molar-refractivity contribution < 1.29 is 19.2 Å². The number of carbonyl (C=O) groups excluding carboxylic acids is 4. The molecule has 2 amide bonds. The molecule has 0 radical (unpaired) electrons. The Labute approximate surface area is 286 Å². The molecule has 0 fully saturated rings. The van der Waals surface area contributed by atoms with Crippen molar-refractivity contribution in [1.82, 2.24) is 9.55 Å². The number of Topliss-reactive ketones (excluding diaryl/α,β-unsaturated/α-hetero) is 2. The molecule has 0 saturated carbocycles. The van der Waals surface area contributed by atoms with Crippen LogP contribution in [0.25, 0.3) is 22.2 Å². The molecule has 4 aliphatic rings. The van der Waals surface area contributed by atoms with Gasteiger partial charge in [0.05, 0.1) is 33.4 Å². The number of hydrogen-bond acceptors (Lipinski definition) is 6. The van der Waals surface area contributed by atoms with E-state index in [1.807, 2.05) is 49.4 Å². The molecule has 0 saturated heterocycles. The molecule has 240 valence electrons. The number of anilines is 1. The van der Waals surface area contributed by atoms with Gasteiger partial charge in [0.15, 0.2) is 11.6 Å². The minimum Gasteiger partial charge on any atom is -0.293 e. The maximum Gasteiger partial charge on any atom is 0.266 e. The molecule has 0 spiro atoms. The van der Waals surface area contributed by atoms with Gasteiger partial charge in [0.2, 0.25) is 0 Å². The van der Waals surface area contributed by atoms with Crippen LogP contribution in [0.1, 0.15) is 70.7 Å². The van der Waals surface area contributed by atoms with Crippen LogP contribution < -0.4 is 10.5 Å². The van der Waals surface area contributed by atoms with E-state index in [0.29, 0.717) is 22.3 Å². The number of amides is 2. The highest BCUT2D eigenvalue weighted by atomic mass is 16.2. The third kappa shape index (κ3) is 4.31. The van der Waals surface area contributed by atoms with E-state index in [4.69, 9.17) is 4.98 Å². The van der Waals surface area contributed by atoms with Crippen LogP contribution in [0.4, 0.5) is 5.69 Å². The Morgan fingerprint density at radius 3 is 2.08 bits per heavy atom. The standard InChI is InChI=1S/C42H27N3O5/c1-23-16-18-26(19-17-23)44-39(43-35-15-5-4-12-30(35)40(44)48)36-37(46)31-21-33-34(22-32(31)38(36)47)42(50)45(41(33)49)27-11-6-10-25(20-27)29-14-7-13-28(29)24-8-2-3-9-24/h2-13,15-22,24,36H,14H2,1H3. The van der Waals surface area contributed by atoms with Crippen molar-refractivity contribution in [2.45, 2.75) is 19.3 Å². The molecular formula is C42H27N3O5. The van der Waals surface area contributed by atoms with Crippen molar-refractivity contribution in [1.29, 1.82) is 0 Å². The molecule has 2 heterocycles. The van der Waals surface area contributed by atoms with Crippen LogP contribution >= 0.6 is 0 Å². The number of allylic oxidation sites excluding steroid dienone is 8. The van der Waals surface area contributed by atoms with Crippen molar-refractivity contribution in [3.05, 3.63) is 177 Å². The molecule has 9 rings (SSSR count). The first-order valence-corrected chi connectivity index (χ1v) is 16.4. The van der Waals surface area contributed by atoms with Crippen LogP contribution in [0.5, 0.6) is 0 Å². The van der Waals surface area contributed by atoms with Crippen LogP contribution in [0.3, 0.4) is 0 Å². The molecule has 8 heteroatoms. The SMILES string of the molecule is Cc1ccc(-n2c(C3C(=O)c4cc5c(cc4C3=O)C(=O)N(c3cccc(C4=C(C6C=CC=C6)C=CC4)c3)C5=O)nc3ccccc3c2=O)cc1. The lowest BCUT2D eigenvalue weighted by Gasteiger charge is -2.17. The van der Waals surface area contributed by atoms with Gasteiger partial charge in [-0.3, -0.25) is 28.5 Å². The van der Waals surface area contributed by atoms with Gasteiger partial charge in [-0.05, 0) is 78.6 Å². The normalized spacial score (nSPS) is 16.9. The van der Waals surface area contributed by atoms with Crippen molar-refractivity contribution in [2.75, 3.05) is 4.90 Å². The number of aromatic nitrogens is 2. The van der Waals surface area contributed by atoms with Gasteiger partial charge in [0.25, 0.3) is 17.4 Å². The van der Waals surface area contributed by atoms with Crippen LogP contribution in [-0.2, 0) is 0 Å². The zero-order chi connectivity index (χ0) is 34.3. The highest BCUT2D eigenvalue weighted by Gasteiger charge is 2.46. The number of hydrogen-bond donors (Lipinski definition) is 0. The van der Waals surface area contributed by atoms with E-state index >= 15 is 0 Å². The summed E-state index contributed by atoms with van der Waals surface area (Å²) in [5.74, 6) is -3.59. The molecule has 1 aliphatic heterocycles. The summed E-state index contributed by atoms with van der Waals surface area (Å²) in [7, 11) is 0. The maximum absolute atomic E-state index is 14.2. The summed E-state index contributed by atoms with van der Waals surface area (Å²) in [6.45, 7) is 1.92. The van der Waals surface area contributed by atoms with Gasteiger partial charge in [0, 0.05) is 17.0 Å².